The maximum absolute atomic E-state index is 9.15. The molecular weight excluding hydrogens is 645 g/mol. The van der Waals surface area contributed by atoms with Crippen LogP contribution in [0.25, 0.3) is 94.7 Å². The van der Waals surface area contributed by atoms with Crippen LogP contribution in [0.1, 0.15) is 12.3 Å². The smallest absolute Gasteiger partial charge is 0.164 e. The van der Waals surface area contributed by atoms with Crippen molar-refractivity contribution >= 4 is 32.6 Å². The van der Waals surface area contributed by atoms with Gasteiger partial charge >= 0.3 is 0 Å². The van der Waals surface area contributed by atoms with Gasteiger partial charge in [-0.15, -0.1) is 0 Å². The Bertz CT molecular complexity index is 3440. The fourth-order valence-electron chi connectivity index (χ4n) is 6.97. The van der Waals surface area contributed by atoms with Gasteiger partial charge in [-0.1, -0.05) is 158 Å². The van der Waals surface area contributed by atoms with Gasteiger partial charge in [0.1, 0.15) is 0 Å². The zero-order chi connectivity index (χ0) is 43.0. The second-order valence-electron chi connectivity index (χ2n) is 12.6. The first kappa shape index (κ1) is 22.6. The lowest BCUT2D eigenvalue weighted by molar-refractivity contribution is 1.07. The molecule has 10 rings (SSSR count). The van der Waals surface area contributed by atoms with E-state index in [0.717, 1.165) is 33.0 Å². The van der Waals surface area contributed by atoms with E-state index in [-0.39, 0.29) is 40.6 Å². The lowest BCUT2D eigenvalue weighted by Crippen LogP contribution is -2.01. The molecule has 53 heavy (non-hydrogen) atoms. The summed E-state index contributed by atoms with van der Waals surface area (Å²) in [7, 11) is 0. The summed E-state index contributed by atoms with van der Waals surface area (Å²) in [4.78, 5) is 15.2. The number of aromatic nitrogens is 4. The van der Waals surface area contributed by atoms with Crippen LogP contribution in [-0.2, 0) is 0 Å². The fourth-order valence-corrected chi connectivity index (χ4v) is 6.97. The fraction of sp³-hybridized carbons (Fsp3) is 0. The lowest BCUT2D eigenvalue weighted by Gasteiger charge is -2.13. The van der Waals surface area contributed by atoms with Crippen molar-refractivity contribution in [2.24, 2.45) is 0 Å². The van der Waals surface area contributed by atoms with Gasteiger partial charge in [0.25, 0.3) is 0 Å². The van der Waals surface area contributed by atoms with Crippen LogP contribution >= 0.6 is 0 Å². The molecule has 0 aliphatic carbocycles. The van der Waals surface area contributed by atoms with Crippen LogP contribution in [-0.4, -0.2) is 19.5 Å². The van der Waals surface area contributed by atoms with Crippen molar-refractivity contribution < 1.29 is 12.3 Å². The van der Waals surface area contributed by atoms with Gasteiger partial charge in [0.2, 0.25) is 0 Å². The SMILES string of the molecule is [2H]c1c([2H])c([2H])c(-c2ccc3c(c2)c2c([2H])c([2H])c([2H])c([2H])c2n3-c2cccc(-c3nc(-c4cccc(-c5ccccc5)c4)nc(-c4cccc5ccccc45)n3)c2)c([2H])c1[2H]. The van der Waals surface area contributed by atoms with E-state index in [4.69, 9.17) is 27.3 Å². The first-order valence-electron chi connectivity index (χ1n) is 21.6. The summed E-state index contributed by atoms with van der Waals surface area (Å²) in [5.74, 6) is 1.33. The van der Waals surface area contributed by atoms with E-state index in [1.54, 1.807) is 22.8 Å². The number of benzene rings is 8. The minimum absolute atomic E-state index is 0.0106. The highest BCUT2D eigenvalue weighted by molar-refractivity contribution is 6.10. The molecule has 0 unspecified atom stereocenters. The van der Waals surface area contributed by atoms with Crippen molar-refractivity contribution in [3.63, 3.8) is 0 Å². The van der Waals surface area contributed by atoms with Crippen molar-refractivity contribution in [3.8, 4) is 62.1 Å². The molecule has 0 saturated carbocycles. The molecule has 0 saturated heterocycles. The molecule has 2 aromatic heterocycles. The Morgan fingerprint density at radius 1 is 0.377 bits per heavy atom. The highest BCUT2D eigenvalue weighted by Gasteiger charge is 2.17. The van der Waals surface area contributed by atoms with Gasteiger partial charge in [-0.2, -0.15) is 0 Å². The molecule has 4 nitrogen and oxygen atoms in total. The average molecular weight is 686 g/mol. The quantitative estimate of drug-likeness (QED) is 0.175. The molecular formula is C49H32N4. The summed E-state index contributed by atoms with van der Waals surface area (Å²) >= 11 is 0. The van der Waals surface area contributed by atoms with Gasteiger partial charge in [0, 0.05) is 33.2 Å². The largest absolute Gasteiger partial charge is 0.309 e. The van der Waals surface area contributed by atoms with Crippen LogP contribution < -0.4 is 0 Å². The predicted octanol–water partition coefficient (Wildman–Crippen LogP) is 12.5. The third kappa shape index (κ3) is 5.54. The molecule has 0 amide bonds. The molecule has 8 aromatic carbocycles. The van der Waals surface area contributed by atoms with E-state index >= 15 is 0 Å². The highest BCUT2D eigenvalue weighted by atomic mass is 15.0. The normalized spacial score (nSPS) is 13.8. The summed E-state index contributed by atoms with van der Waals surface area (Å²) in [5, 5.41) is 2.66. The molecule has 0 N–H and O–H groups in total. The van der Waals surface area contributed by atoms with Crippen molar-refractivity contribution in [3.05, 3.63) is 194 Å². The van der Waals surface area contributed by atoms with Gasteiger partial charge in [-0.05, 0) is 69.4 Å². The molecule has 0 bridgehead atoms. The Balaban J connectivity index is 1.20. The zero-order valence-electron chi connectivity index (χ0n) is 37.1. The molecule has 0 radical (unpaired) electrons. The standard InChI is InChI=1S/C49H32N4/c1-3-14-33(15-4-1)36-20-11-21-38(30-36)47-50-48(52-49(51-47)43-26-13-19-35-18-7-8-24-41(35)43)39-22-12-23-40(31-39)53-45-27-10-9-25-42(45)44-32-37(28-29-46(44)53)34-16-5-2-6-17-34/h1-32H/i2D,5D,6D,9D,10D,16D,17D,25D,27D. The minimum Gasteiger partial charge on any atom is -0.309 e. The monoisotopic (exact) mass is 685 g/mol. The van der Waals surface area contributed by atoms with Gasteiger partial charge in [-0.25, -0.2) is 15.0 Å². The Hall–Kier alpha value is -7.17. The number of para-hydroxylation sites is 1. The van der Waals surface area contributed by atoms with Crippen LogP contribution in [0.4, 0.5) is 0 Å². The summed E-state index contributed by atoms with van der Waals surface area (Å²) in [6.45, 7) is 0. The number of nitrogens with zero attached hydrogens (tertiary/aromatic N) is 4. The maximum atomic E-state index is 9.15. The Morgan fingerprint density at radius 2 is 1.02 bits per heavy atom. The second-order valence-corrected chi connectivity index (χ2v) is 12.6. The number of hydrogen-bond acceptors (Lipinski definition) is 3. The lowest BCUT2D eigenvalue weighted by atomic mass is 10.0. The molecule has 10 aromatic rings. The van der Waals surface area contributed by atoms with Gasteiger partial charge in [0.05, 0.1) is 23.4 Å². The first-order chi connectivity index (χ1) is 30.0. The van der Waals surface area contributed by atoms with Gasteiger partial charge in [-0.3, -0.25) is 0 Å². The third-order valence-electron chi connectivity index (χ3n) is 9.44. The van der Waals surface area contributed by atoms with Crippen molar-refractivity contribution in [2.75, 3.05) is 0 Å². The summed E-state index contributed by atoms with van der Waals surface area (Å²) in [6, 6.07) is 41.1. The minimum atomic E-state index is -0.509. The maximum Gasteiger partial charge on any atom is 0.164 e. The third-order valence-corrected chi connectivity index (χ3v) is 9.44. The summed E-state index contributed by atoms with van der Waals surface area (Å²) in [6.07, 6.45) is 0. The highest BCUT2D eigenvalue weighted by Crippen LogP contribution is 2.36. The van der Waals surface area contributed by atoms with E-state index in [9.17, 15) is 0 Å². The Kier molecular flexibility index (Phi) is 5.49. The average Bonchev–Trinajstić information content (AvgIpc) is 3.66. The van der Waals surface area contributed by atoms with Crippen LogP contribution in [0.15, 0.2) is 194 Å². The van der Waals surface area contributed by atoms with Crippen molar-refractivity contribution in [1.29, 1.82) is 0 Å². The number of fused-ring (bicyclic) bond motifs is 4. The van der Waals surface area contributed by atoms with E-state index in [2.05, 4.69) is 18.2 Å². The van der Waals surface area contributed by atoms with E-state index in [0.29, 0.717) is 45.2 Å². The predicted molar refractivity (Wildman–Crippen MR) is 219 cm³/mol. The second kappa shape index (κ2) is 12.9. The van der Waals surface area contributed by atoms with E-state index in [1.165, 1.54) is 0 Å². The summed E-state index contributed by atoms with van der Waals surface area (Å²) in [5.41, 5.74) is 5.89. The van der Waals surface area contributed by atoms with Crippen LogP contribution in [0.3, 0.4) is 0 Å². The number of rotatable bonds is 6. The zero-order valence-corrected chi connectivity index (χ0v) is 28.1. The topological polar surface area (TPSA) is 43.6 Å². The first-order valence-corrected chi connectivity index (χ1v) is 17.1. The van der Waals surface area contributed by atoms with E-state index < -0.39 is 30.2 Å². The molecule has 2 heterocycles. The van der Waals surface area contributed by atoms with Crippen molar-refractivity contribution in [1.82, 2.24) is 19.5 Å². The van der Waals surface area contributed by atoms with Gasteiger partial charge in [0.15, 0.2) is 17.5 Å². The molecule has 0 atom stereocenters. The van der Waals surface area contributed by atoms with Crippen LogP contribution in [0.2, 0.25) is 0 Å². The molecule has 0 aliphatic heterocycles. The van der Waals surface area contributed by atoms with Crippen molar-refractivity contribution in [2.45, 2.75) is 0 Å². The molecule has 0 aliphatic rings. The van der Waals surface area contributed by atoms with E-state index in [1.807, 2.05) is 103 Å². The molecule has 0 fully saturated rings. The van der Waals surface area contributed by atoms with Crippen LogP contribution in [0.5, 0.6) is 0 Å². The Morgan fingerprint density at radius 3 is 1.89 bits per heavy atom. The van der Waals surface area contributed by atoms with Gasteiger partial charge < -0.3 is 4.57 Å². The number of hydrogen-bond donors (Lipinski definition) is 0. The molecule has 0 spiro atoms. The summed E-state index contributed by atoms with van der Waals surface area (Å²) < 4.78 is 79.2. The Labute approximate surface area is 320 Å². The molecule has 4 heteroatoms. The van der Waals surface area contributed by atoms with Crippen LogP contribution in [0, 0.1) is 0 Å². The molecule has 248 valence electrons.